The summed E-state index contributed by atoms with van der Waals surface area (Å²) in [6, 6.07) is 4.48. The van der Waals surface area contributed by atoms with Gasteiger partial charge in [0.05, 0.1) is 29.7 Å². The van der Waals surface area contributed by atoms with E-state index in [1.807, 2.05) is 0 Å². The summed E-state index contributed by atoms with van der Waals surface area (Å²) in [6.45, 7) is 0. The molecular weight excluding hydrogens is 364 g/mol. The number of carbonyl (C=O) groups is 2. The third-order valence-corrected chi connectivity index (χ3v) is 5.16. The summed E-state index contributed by atoms with van der Waals surface area (Å²) in [7, 11) is 1.57. The molecule has 1 aromatic carbocycles. The average molecular weight is 386 g/mol. The van der Waals surface area contributed by atoms with Gasteiger partial charge < -0.3 is 20.5 Å². The molecule has 0 bridgehead atoms. The van der Waals surface area contributed by atoms with E-state index in [4.69, 9.17) is 27.4 Å². The molecule has 1 unspecified atom stereocenters. The van der Waals surface area contributed by atoms with E-state index in [0.29, 0.717) is 21.9 Å². The first-order valence-corrected chi connectivity index (χ1v) is 9.28. The summed E-state index contributed by atoms with van der Waals surface area (Å²) in [6.07, 6.45) is 9.37. The lowest BCUT2D eigenvalue weighted by molar-refractivity contribution is -0.114. The first kappa shape index (κ1) is 19.1. The largest absolute Gasteiger partial charge is 0.493 e. The van der Waals surface area contributed by atoms with E-state index in [9.17, 15) is 9.59 Å². The zero-order valence-electron chi connectivity index (χ0n) is 15.1. The summed E-state index contributed by atoms with van der Waals surface area (Å²) in [5.41, 5.74) is 5.98. The Morgan fingerprint density at radius 3 is 2.63 bits per heavy atom. The zero-order chi connectivity index (χ0) is 19.4. The van der Waals surface area contributed by atoms with Gasteiger partial charge in [-0.1, -0.05) is 24.4 Å². The number of nitrogens with one attached hydrogen (secondary N) is 1. The van der Waals surface area contributed by atoms with Crippen molar-refractivity contribution in [3.8, 4) is 11.5 Å². The number of amides is 2. The fourth-order valence-corrected chi connectivity index (χ4v) is 3.54. The number of ether oxygens (including phenoxy) is 2. The predicted octanol–water partition coefficient (Wildman–Crippen LogP) is 2.47. The highest BCUT2D eigenvalue weighted by atomic mass is 32.1. The maximum atomic E-state index is 12.7. The van der Waals surface area contributed by atoms with Gasteiger partial charge in [-0.25, -0.2) is 0 Å². The van der Waals surface area contributed by atoms with Crippen molar-refractivity contribution in [3.63, 3.8) is 0 Å². The van der Waals surface area contributed by atoms with Crippen LogP contribution in [0.25, 0.3) is 0 Å². The van der Waals surface area contributed by atoms with Crippen LogP contribution in [0.4, 0.5) is 0 Å². The number of allylic oxidation sites excluding steroid dienone is 2. The van der Waals surface area contributed by atoms with Gasteiger partial charge in [0.2, 0.25) is 5.91 Å². The molecule has 1 fully saturated rings. The lowest BCUT2D eigenvalue weighted by Gasteiger charge is -2.20. The Morgan fingerprint density at radius 1 is 1.22 bits per heavy atom. The second-order valence-electron chi connectivity index (χ2n) is 6.53. The Labute approximate surface area is 163 Å². The van der Waals surface area contributed by atoms with E-state index in [1.165, 1.54) is 0 Å². The van der Waals surface area contributed by atoms with E-state index >= 15 is 0 Å². The summed E-state index contributed by atoms with van der Waals surface area (Å²) in [5.74, 6) is 0.207. The number of benzene rings is 1. The summed E-state index contributed by atoms with van der Waals surface area (Å²) in [5, 5.41) is 2.82. The molecule has 6 nitrogen and oxygen atoms in total. The SMILES string of the molecule is COc1ccc(C(=O)NC2C=CC=C(C(N)=O)C2=S)cc1OC1CCCC1. The van der Waals surface area contributed by atoms with E-state index in [-0.39, 0.29) is 17.6 Å². The van der Waals surface area contributed by atoms with Crippen molar-refractivity contribution in [1.82, 2.24) is 5.32 Å². The molecule has 27 heavy (non-hydrogen) atoms. The molecule has 142 valence electrons. The molecule has 3 N–H and O–H groups in total. The van der Waals surface area contributed by atoms with E-state index in [0.717, 1.165) is 25.7 Å². The van der Waals surface area contributed by atoms with Crippen LogP contribution in [0.15, 0.2) is 42.0 Å². The minimum absolute atomic E-state index is 0.148. The highest BCUT2D eigenvalue weighted by molar-refractivity contribution is 7.81. The Hall–Kier alpha value is -2.67. The van der Waals surface area contributed by atoms with E-state index < -0.39 is 11.9 Å². The number of thiocarbonyl (C=S) groups is 1. The average Bonchev–Trinajstić information content (AvgIpc) is 3.16. The van der Waals surface area contributed by atoms with Crippen LogP contribution in [-0.4, -0.2) is 35.9 Å². The van der Waals surface area contributed by atoms with Gasteiger partial charge in [0.1, 0.15) is 0 Å². The van der Waals surface area contributed by atoms with Crippen LogP contribution in [0.2, 0.25) is 0 Å². The summed E-state index contributed by atoms with van der Waals surface area (Å²) < 4.78 is 11.4. The van der Waals surface area contributed by atoms with Gasteiger partial charge >= 0.3 is 0 Å². The third kappa shape index (κ3) is 4.36. The summed E-state index contributed by atoms with van der Waals surface area (Å²) >= 11 is 5.27. The molecule has 2 aliphatic rings. The van der Waals surface area contributed by atoms with Crippen molar-refractivity contribution in [2.24, 2.45) is 5.73 Å². The topological polar surface area (TPSA) is 90.6 Å². The maximum Gasteiger partial charge on any atom is 0.252 e. The van der Waals surface area contributed by atoms with Crippen LogP contribution in [0.1, 0.15) is 36.0 Å². The normalized spacial score (nSPS) is 19.5. The first-order chi connectivity index (χ1) is 13.0. The summed E-state index contributed by atoms with van der Waals surface area (Å²) in [4.78, 5) is 24.4. The number of nitrogens with two attached hydrogens (primary N) is 1. The highest BCUT2D eigenvalue weighted by Crippen LogP contribution is 2.32. The Morgan fingerprint density at radius 2 is 1.96 bits per heavy atom. The zero-order valence-corrected chi connectivity index (χ0v) is 15.9. The van der Waals surface area contributed by atoms with Crippen molar-refractivity contribution in [1.29, 1.82) is 0 Å². The van der Waals surface area contributed by atoms with Crippen molar-refractivity contribution in [2.45, 2.75) is 37.8 Å². The Kier molecular flexibility index (Phi) is 5.91. The van der Waals surface area contributed by atoms with Crippen LogP contribution in [0.3, 0.4) is 0 Å². The number of rotatable bonds is 6. The second-order valence-corrected chi connectivity index (χ2v) is 6.97. The van der Waals surface area contributed by atoms with Crippen LogP contribution >= 0.6 is 12.2 Å². The molecule has 2 aliphatic carbocycles. The minimum Gasteiger partial charge on any atom is -0.493 e. The van der Waals surface area contributed by atoms with Gasteiger partial charge in [-0.15, -0.1) is 0 Å². The fourth-order valence-electron chi connectivity index (χ4n) is 3.24. The third-order valence-electron chi connectivity index (χ3n) is 4.69. The molecule has 1 saturated carbocycles. The Bertz CT molecular complexity index is 825. The predicted molar refractivity (Wildman–Crippen MR) is 106 cm³/mol. The molecule has 2 amide bonds. The van der Waals surface area contributed by atoms with Crippen molar-refractivity contribution < 1.29 is 19.1 Å². The molecule has 3 rings (SSSR count). The van der Waals surface area contributed by atoms with Gasteiger partial charge in [0.15, 0.2) is 11.5 Å². The molecule has 0 aliphatic heterocycles. The molecular formula is C20H22N2O4S. The molecule has 0 spiro atoms. The minimum atomic E-state index is -0.611. The Balaban J connectivity index is 1.74. The van der Waals surface area contributed by atoms with Crippen LogP contribution in [0, 0.1) is 0 Å². The monoisotopic (exact) mass is 386 g/mol. The van der Waals surface area contributed by atoms with Crippen LogP contribution in [-0.2, 0) is 4.79 Å². The van der Waals surface area contributed by atoms with Crippen LogP contribution < -0.4 is 20.5 Å². The maximum absolute atomic E-state index is 12.7. The molecule has 1 atom stereocenters. The smallest absolute Gasteiger partial charge is 0.252 e. The number of carbonyl (C=O) groups excluding carboxylic acids is 2. The quantitative estimate of drug-likeness (QED) is 0.733. The first-order valence-electron chi connectivity index (χ1n) is 8.87. The number of primary amides is 1. The van der Waals surface area contributed by atoms with Gasteiger partial charge in [0, 0.05) is 5.56 Å². The highest BCUT2D eigenvalue weighted by Gasteiger charge is 2.24. The van der Waals surface area contributed by atoms with Gasteiger partial charge in [-0.2, -0.15) is 0 Å². The van der Waals surface area contributed by atoms with Crippen LogP contribution in [0.5, 0.6) is 11.5 Å². The lowest BCUT2D eigenvalue weighted by Crippen LogP contribution is -2.42. The second kappa shape index (κ2) is 8.35. The van der Waals surface area contributed by atoms with Gasteiger partial charge in [-0.3, -0.25) is 9.59 Å². The number of hydrogen-bond donors (Lipinski definition) is 2. The van der Waals surface area contributed by atoms with Crippen molar-refractivity contribution in [2.75, 3.05) is 7.11 Å². The number of methoxy groups -OCH3 is 1. The standard InChI is InChI=1S/C20H22N2O4S/c1-25-16-10-9-12(11-17(16)26-13-5-2-3-6-13)20(24)22-15-8-4-7-14(18(15)27)19(21)23/h4,7-11,13,15H,2-3,5-6H2,1H3,(H2,21,23)(H,22,24). The number of hydrogen-bond acceptors (Lipinski definition) is 5. The van der Waals surface area contributed by atoms with Crippen molar-refractivity contribution >= 4 is 28.9 Å². The molecule has 0 saturated heterocycles. The molecule has 0 radical (unpaired) electrons. The van der Waals surface area contributed by atoms with E-state index in [2.05, 4.69) is 5.32 Å². The molecule has 0 heterocycles. The van der Waals surface area contributed by atoms with Crippen molar-refractivity contribution in [3.05, 3.63) is 47.6 Å². The molecule has 7 heteroatoms. The van der Waals surface area contributed by atoms with Gasteiger partial charge in [-0.05, 0) is 50.0 Å². The molecule has 0 aromatic heterocycles. The fraction of sp³-hybridized carbons (Fsp3) is 0.350. The van der Waals surface area contributed by atoms with Gasteiger partial charge in [0.25, 0.3) is 5.91 Å². The molecule has 1 aromatic rings. The lowest BCUT2D eigenvalue weighted by atomic mass is 9.99. The van der Waals surface area contributed by atoms with E-state index in [1.54, 1.807) is 43.5 Å².